The normalized spacial score (nSPS) is 12.6. The highest BCUT2D eigenvalue weighted by Crippen LogP contribution is 2.17. The standard InChI is InChI=1S/C75H132O6/c1-4-7-10-13-16-18-20-22-24-26-28-30-32-34-35-36-37-38-39-41-42-44-46-48-50-52-54-56-59-62-65-68-74(77)80-71-72(70-79-73(76)67-64-61-58-15-12-9-6-3)81-75(78)69-66-63-60-57-55-53-51-49-47-45-43-40-33-31-29-27-25-23-21-19-17-14-11-8-5-2/h7,10,16,18,22,24,27-30,34-35,37-38,72H,4-6,8-9,11-15,17,19-21,23,25-26,31-33,36,39-71H2,1-3H3/b10-7-,18-16-,24-22-,29-27-,30-28-,35-34-,38-37-. The second-order valence-electron chi connectivity index (χ2n) is 23.4. The van der Waals surface area contributed by atoms with Crippen LogP contribution in [0.4, 0.5) is 0 Å². The Labute approximate surface area is 503 Å². The summed E-state index contributed by atoms with van der Waals surface area (Å²) in [4.78, 5) is 38.2. The van der Waals surface area contributed by atoms with E-state index in [2.05, 4.69) is 106 Å². The molecule has 0 N–H and O–H groups in total. The molecule has 0 bridgehead atoms. The number of rotatable bonds is 64. The zero-order valence-corrected chi connectivity index (χ0v) is 53.8. The maximum absolute atomic E-state index is 12.9. The topological polar surface area (TPSA) is 78.9 Å². The summed E-state index contributed by atoms with van der Waals surface area (Å²) in [5.74, 6) is -0.865. The highest BCUT2D eigenvalue weighted by atomic mass is 16.6. The van der Waals surface area contributed by atoms with E-state index in [9.17, 15) is 14.4 Å². The van der Waals surface area contributed by atoms with Gasteiger partial charge in [-0.3, -0.25) is 14.4 Å². The molecule has 81 heavy (non-hydrogen) atoms. The van der Waals surface area contributed by atoms with Crippen molar-refractivity contribution < 1.29 is 28.6 Å². The van der Waals surface area contributed by atoms with Crippen LogP contribution in [0.15, 0.2) is 85.1 Å². The maximum Gasteiger partial charge on any atom is 0.306 e. The third-order valence-corrected chi connectivity index (χ3v) is 15.4. The first-order valence-electron chi connectivity index (χ1n) is 35.1. The van der Waals surface area contributed by atoms with Crippen LogP contribution in [0.3, 0.4) is 0 Å². The number of esters is 3. The first-order chi connectivity index (χ1) is 40.0. The molecule has 0 saturated carbocycles. The Morgan fingerprint density at radius 3 is 0.765 bits per heavy atom. The van der Waals surface area contributed by atoms with Crippen LogP contribution in [0, 0.1) is 0 Å². The molecule has 0 spiro atoms. The van der Waals surface area contributed by atoms with Crippen molar-refractivity contribution in [3.63, 3.8) is 0 Å². The molecule has 1 atom stereocenters. The molecule has 0 saturated heterocycles. The average Bonchev–Trinajstić information content (AvgIpc) is 3.46. The minimum atomic E-state index is -0.774. The summed E-state index contributed by atoms with van der Waals surface area (Å²) >= 11 is 0. The Bertz CT molecular complexity index is 1530. The molecule has 0 heterocycles. The number of hydrogen-bond acceptors (Lipinski definition) is 6. The molecule has 0 aliphatic carbocycles. The van der Waals surface area contributed by atoms with Crippen LogP contribution in [0.25, 0.3) is 0 Å². The van der Waals surface area contributed by atoms with E-state index in [1.807, 2.05) is 0 Å². The third kappa shape index (κ3) is 67.3. The molecule has 1 unspecified atom stereocenters. The van der Waals surface area contributed by atoms with Gasteiger partial charge in [-0.2, -0.15) is 0 Å². The SMILES string of the molecule is CC/C=C\C/C=C\C/C=C\C/C=C\C/C=C\C/C=C\CCCCCCCCCCCCCCC(=O)OCC(COC(=O)CCCCCCCCC)OC(=O)CCCCCCCCCCCCCCC/C=C\CCCCCCCCCC. The van der Waals surface area contributed by atoms with Gasteiger partial charge >= 0.3 is 17.9 Å². The van der Waals surface area contributed by atoms with Crippen molar-refractivity contribution in [2.75, 3.05) is 13.2 Å². The van der Waals surface area contributed by atoms with Gasteiger partial charge in [-0.05, 0) is 96.3 Å². The smallest absolute Gasteiger partial charge is 0.306 e. The summed E-state index contributed by atoms with van der Waals surface area (Å²) in [7, 11) is 0. The second-order valence-corrected chi connectivity index (χ2v) is 23.4. The molecule has 0 rings (SSSR count). The van der Waals surface area contributed by atoms with E-state index in [1.54, 1.807) is 0 Å². The lowest BCUT2D eigenvalue weighted by molar-refractivity contribution is -0.167. The molecule has 468 valence electrons. The molecule has 0 aromatic rings. The lowest BCUT2D eigenvalue weighted by Gasteiger charge is -2.18. The highest BCUT2D eigenvalue weighted by Gasteiger charge is 2.19. The number of unbranched alkanes of at least 4 members (excludes halogenated alkanes) is 39. The molecule has 0 aromatic carbocycles. The average molecular weight is 1130 g/mol. The van der Waals surface area contributed by atoms with Gasteiger partial charge < -0.3 is 14.2 Å². The summed E-state index contributed by atoms with van der Waals surface area (Å²) < 4.78 is 16.9. The van der Waals surface area contributed by atoms with Crippen LogP contribution in [-0.2, 0) is 28.6 Å². The zero-order chi connectivity index (χ0) is 58.5. The summed E-state index contributed by atoms with van der Waals surface area (Å²) in [6, 6.07) is 0. The molecular formula is C75H132O6. The Morgan fingerprint density at radius 2 is 0.481 bits per heavy atom. The lowest BCUT2D eigenvalue weighted by atomic mass is 10.0. The summed E-state index contributed by atoms with van der Waals surface area (Å²) in [6.07, 6.45) is 92.1. The fourth-order valence-electron chi connectivity index (χ4n) is 10.2. The van der Waals surface area contributed by atoms with Crippen molar-refractivity contribution in [3.05, 3.63) is 85.1 Å². The van der Waals surface area contributed by atoms with Crippen molar-refractivity contribution in [1.29, 1.82) is 0 Å². The molecule has 0 fully saturated rings. The van der Waals surface area contributed by atoms with E-state index < -0.39 is 6.10 Å². The number of hydrogen-bond donors (Lipinski definition) is 0. The van der Waals surface area contributed by atoms with E-state index in [4.69, 9.17) is 14.2 Å². The number of ether oxygens (including phenoxy) is 3. The second kappa shape index (κ2) is 69.1. The van der Waals surface area contributed by atoms with Crippen molar-refractivity contribution in [2.24, 2.45) is 0 Å². The van der Waals surface area contributed by atoms with Gasteiger partial charge in [0.15, 0.2) is 6.10 Å². The zero-order valence-electron chi connectivity index (χ0n) is 53.8. The summed E-state index contributed by atoms with van der Waals surface area (Å²) in [6.45, 7) is 6.53. The molecule has 0 aromatic heterocycles. The van der Waals surface area contributed by atoms with E-state index >= 15 is 0 Å². The number of carbonyl (C=O) groups is 3. The van der Waals surface area contributed by atoms with E-state index in [-0.39, 0.29) is 31.1 Å². The largest absolute Gasteiger partial charge is 0.462 e. The van der Waals surface area contributed by atoms with Gasteiger partial charge in [0, 0.05) is 19.3 Å². The number of allylic oxidation sites excluding steroid dienone is 14. The van der Waals surface area contributed by atoms with Gasteiger partial charge in [0.2, 0.25) is 0 Å². The van der Waals surface area contributed by atoms with Gasteiger partial charge in [-0.1, -0.05) is 324 Å². The fourth-order valence-corrected chi connectivity index (χ4v) is 10.2. The van der Waals surface area contributed by atoms with Crippen LogP contribution in [0.1, 0.15) is 355 Å². The van der Waals surface area contributed by atoms with E-state index in [1.165, 1.54) is 218 Å². The predicted octanol–water partition coefficient (Wildman–Crippen LogP) is 24.2. The lowest BCUT2D eigenvalue weighted by Crippen LogP contribution is -2.30. The molecule has 6 heteroatoms. The van der Waals surface area contributed by atoms with Crippen molar-refractivity contribution in [2.45, 2.75) is 361 Å². The Balaban J connectivity index is 4.07. The summed E-state index contributed by atoms with van der Waals surface area (Å²) in [5.41, 5.74) is 0. The van der Waals surface area contributed by atoms with Crippen LogP contribution in [-0.4, -0.2) is 37.2 Å². The van der Waals surface area contributed by atoms with Crippen LogP contribution in [0.2, 0.25) is 0 Å². The highest BCUT2D eigenvalue weighted by molar-refractivity contribution is 5.71. The van der Waals surface area contributed by atoms with Gasteiger partial charge in [0.1, 0.15) is 13.2 Å². The predicted molar refractivity (Wildman–Crippen MR) is 353 cm³/mol. The first kappa shape index (κ1) is 77.6. The Kier molecular flexibility index (Phi) is 66.2. The summed E-state index contributed by atoms with van der Waals surface area (Å²) in [5, 5.41) is 0. The van der Waals surface area contributed by atoms with Crippen LogP contribution >= 0.6 is 0 Å². The molecular weight excluding hydrogens is 997 g/mol. The Morgan fingerprint density at radius 1 is 0.259 bits per heavy atom. The molecule has 0 amide bonds. The maximum atomic E-state index is 12.9. The fraction of sp³-hybridized carbons (Fsp3) is 0.773. The van der Waals surface area contributed by atoms with Crippen molar-refractivity contribution >= 4 is 17.9 Å². The number of carbonyl (C=O) groups excluding carboxylic acids is 3. The van der Waals surface area contributed by atoms with Gasteiger partial charge in [-0.25, -0.2) is 0 Å². The van der Waals surface area contributed by atoms with Crippen molar-refractivity contribution in [1.82, 2.24) is 0 Å². The van der Waals surface area contributed by atoms with E-state index in [0.717, 1.165) is 96.3 Å². The van der Waals surface area contributed by atoms with Crippen LogP contribution in [0.5, 0.6) is 0 Å². The van der Waals surface area contributed by atoms with Gasteiger partial charge in [0.25, 0.3) is 0 Å². The van der Waals surface area contributed by atoms with Crippen molar-refractivity contribution in [3.8, 4) is 0 Å². The monoisotopic (exact) mass is 1130 g/mol. The molecule has 0 radical (unpaired) electrons. The minimum Gasteiger partial charge on any atom is -0.462 e. The quantitative estimate of drug-likeness (QED) is 0.0261. The van der Waals surface area contributed by atoms with Crippen LogP contribution < -0.4 is 0 Å². The molecule has 6 nitrogen and oxygen atoms in total. The Hall–Kier alpha value is -3.41. The van der Waals surface area contributed by atoms with E-state index in [0.29, 0.717) is 19.3 Å². The first-order valence-corrected chi connectivity index (χ1v) is 35.1. The molecule has 0 aliphatic rings. The van der Waals surface area contributed by atoms with Gasteiger partial charge in [0.05, 0.1) is 0 Å². The molecule has 0 aliphatic heterocycles. The third-order valence-electron chi connectivity index (χ3n) is 15.4. The van der Waals surface area contributed by atoms with Gasteiger partial charge in [-0.15, -0.1) is 0 Å². The minimum absolute atomic E-state index is 0.0729.